The first-order valence-electron chi connectivity index (χ1n) is 6.56. The third-order valence-corrected chi connectivity index (χ3v) is 2.94. The summed E-state index contributed by atoms with van der Waals surface area (Å²) in [5, 5.41) is 3.42. The lowest BCUT2D eigenvalue weighted by molar-refractivity contribution is -0.123. The fourth-order valence-corrected chi connectivity index (χ4v) is 2.00. The van der Waals surface area contributed by atoms with Gasteiger partial charge < -0.3 is 10.1 Å². The first-order chi connectivity index (χ1) is 10.1. The highest BCUT2D eigenvalue weighted by Gasteiger charge is 2.09. The predicted octanol–water partition coefficient (Wildman–Crippen LogP) is 2.26. The number of amides is 1. The zero-order valence-electron chi connectivity index (χ0n) is 11.6. The molecule has 0 radical (unpaired) electrons. The van der Waals surface area contributed by atoms with Crippen molar-refractivity contribution in [1.29, 1.82) is 0 Å². The second-order valence-electron chi connectivity index (χ2n) is 4.62. The Labute approximate surface area is 128 Å². The lowest BCUT2D eigenvalue weighted by atomic mass is 10.2. The maximum atomic E-state index is 11.8. The molecule has 0 fully saturated rings. The molecule has 0 saturated carbocycles. The molecule has 1 heterocycles. The number of nitrogens with one attached hydrogen (secondary N) is 1. The van der Waals surface area contributed by atoms with E-state index in [0.717, 1.165) is 5.69 Å². The summed E-state index contributed by atoms with van der Waals surface area (Å²) in [7, 11) is 0. The van der Waals surface area contributed by atoms with Crippen LogP contribution in [-0.2, 0) is 11.2 Å². The number of carbonyl (C=O) groups excluding carboxylic acids is 1. The van der Waals surface area contributed by atoms with Crippen molar-refractivity contribution in [1.82, 2.24) is 15.3 Å². The van der Waals surface area contributed by atoms with Crippen molar-refractivity contribution in [3.05, 3.63) is 53.6 Å². The van der Waals surface area contributed by atoms with E-state index in [1.807, 2.05) is 6.92 Å². The van der Waals surface area contributed by atoms with Crippen molar-refractivity contribution < 1.29 is 9.53 Å². The van der Waals surface area contributed by atoms with E-state index in [9.17, 15) is 4.79 Å². The normalized spacial score (nSPS) is 11.7. The van der Waals surface area contributed by atoms with Crippen molar-refractivity contribution in [2.45, 2.75) is 19.4 Å². The van der Waals surface area contributed by atoms with Crippen LogP contribution in [0.1, 0.15) is 12.6 Å². The molecule has 0 spiro atoms. The zero-order valence-corrected chi connectivity index (χ0v) is 12.4. The van der Waals surface area contributed by atoms with Gasteiger partial charge in [0.1, 0.15) is 5.75 Å². The van der Waals surface area contributed by atoms with Crippen LogP contribution < -0.4 is 10.1 Å². The molecule has 1 N–H and O–H groups in total. The van der Waals surface area contributed by atoms with Crippen LogP contribution >= 0.6 is 11.6 Å². The van der Waals surface area contributed by atoms with E-state index in [-0.39, 0.29) is 18.6 Å². The number of aromatic nitrogens is 2. The summed E-state index contributed by atoms with van der Waals surface area (Å²) in [6.07, 6.45) is 5.56. The van der Waals surface area contributed by atoms with Gasteiger partial charge in [-0.05, 0) is 25.1 Å². The average molecular weight is 306 g/mol. The molecule has 1 amide bonds. The van der Waals surface area contributed by atoms with E-state index < -0.39 is 0 Å². The molecule has 1 unspecified atom stereocenters. The minimum atomic E-state index is -0.189. The molecule has 6 heteroatoms. The SMILES string of the molecule is CC(Cc1cnccn1)NC(=O)COc1cccc(Cl)c1. The molecule has 1 aromatic heterocycles. The summed E-state index contributed by atoms with van der Waals surface area (Å²) in [6, 6.07) is 6.89. The molecule has 0 aliphatic heterocycles. The highest BCUT2D eigenvalue weighted by Crippen LogP contribution is 2.16. The topological polar surface area (TPSA) is 64.1 Å². The standard InChI is InChI=1S/C15H16ClN3O2/c1-11(7-13-9-17-5-6-18-13)19-15(20)10-21-14-4-2-3-12(16)8-14/h2-6,8-9,11H,7,10H2,1H3,(H,19,20). The molecule has 0 aliphatic carbocycles. The fraction of sp³-hybridized carbons (Fsp3) is 0.267. The third kappa shape index (κ3) is 5.39. The largest absolute Gasteiger partial charge is 0.484 e. The highest BCUT2D eigenvalue weighted by molar-refractivity contribution is 6.30. The van der Waals surface area contributed by atoms with Crippen molar-refractivity contribution in [2.24, 2.45) is 0 Å². The monoisotopic (exact) mass is 305 g/mol. The van der Waals surface area contributed by atoms with Crippen LogP contribution in [0.15, 0.2) is 42.9 Å². The van der Waals surface area contributed by atoms with Gasteiger partial charge in [0, 0.05) is 36.1 Å². The molecule has 0 aliphatic rings. The summed E-state index contributed by atoms with van der Waals surface area (Å²) in [6.45, 7) is 1.86. The van der Waals surface area contributed by atoms with Crippen molar-refractivity contribution in [2.75, 3.05) is 6.61 Å². The quantitative estimate of drug-likeness (QED) is 0.889. The minimum absolute atomic E-state index is 0.0443. The smallest absolute Gasteiger partial charge is 0.258 e. The maximum absolute atomic E-state index is 11.8. The second kappa shape index (κ2) is 7.59. The van der Waals surface area contributed by atoms with Gasteiger partial charge in [-0.15, -0.1) is 0 Å². The van der Waals surface area contributed by atoms with E-state index >= 15 is 0 Å². The number of ether oxygens (including phenoxy) is 1. The van der Waals surface area contributed by atoms with Crippen molar-refractivity contribution in [3.63, 3.8) is 0 Å². The highest BCUT2D eigenvalue weighted by atomic mass is 35.5. The molecule has 0 saturated heterocycles. The molecule has 21 heavy (non-hydrogen) atoms. The Bertz CT molecular complexity index is 592. The van der Waals surface area contributed by atoms with Crippen molar-refractivity contribution >= 4 is 17.5 Å². The number of carbonyl (C=O) groups is 1. The number of hydrogen-bond acceptors (Lipinski definition) is 4. The van der Waals surface area contributed by atoms with E-state index in [0.29, 0.717) is 17.2 Å². The maximum Gasteiger partial charge on any atom is 0.258 e. The summed E-state index contributed by atoms with van der Waals surface area (Å²) < 4.78 is 5.38. The van der Waals surface area contributed by atoms with E-state index in [1.165, 1.54) is 0 Å². The average Bonchev–Trinajstić information content (AvgIpc) is 2.46. The van der Waals surface area contributed by atoms with Gasteiger partial charge in [0.2, 0.25) is 0 Å². The fourth-order valence-electron chi connectivity index (χ4n) is 1.82. The molecule has 1 atom stereocenters. The van der Waals surface area contributed by atoms with Crippen LogP contribution in [-0.4, -0.2) is 28.5 Å². The van der Waals surface area contributed by atoms with E-state index in [1.54, 1.807) is 42.9 Å². The number of rotatable bonds is 6. The molecule has 110 valence electrons. The van der Waals surface area contributed by atoms with Crippen molar-refractivity contribution in [3.8, 4) is 5.75 Å². The first-order valence-corrected chi connectivity index (χ1v) is 6.94. The predicted molar refractivity (Wildman–Crippen MR) is 80.3 cm³/mol. The number of nitrogens with zero attached hydrogens (tertiary/aromatic N) is 2. The summed E-state index contributed by atoms with van der Waals surface area (Å²) in [5.74, 6) is 0.380. The third-order valence-electron chi connectivity index (χ3n) is 2.71. The van der Waals surface area contributed by atoms with Crippen LogP contribution in [0.5, 0.6) is 5.75 Å². The Kier molecular flexibility index (Phi) is 5.51. The minimum Gasteiger partial charge on any atom is -0.484 e. The molecule has 2 aromatic rings. The Hall–Kier alpha value is -2.14. The lowest BCUT2D eigenvalue weighted by Gasteiger charge is -2.13. The van der Waals surface area contributed by atoms with Gasteiger partial charge in [-0.3, -0.25) is 14.8 Å². The van der Waals surface area contributed by atoms with Gasteiger partial charge in [-0.1, -0.05) is 17.7 Å². The number of halogens is 1. The number of benzene rings is 1. The van der Waals surface area contributed by atoms with Gasteiger partial charge >= 0.3 is 0 Å². The molecule has 2 rings (SSSR count). The summed E-state index contributed by atoms with van der Waals surface area (Å²) >= 11 is 5.84. The number of hydrogen-bond donors (Lipinski definition) is 1. The van der Waals surface area contributed by atoms with Crippen LogP contribution in [0.4, 0.5) is 0 Å². The Balaban J connectivity index is 1.76. The van der Waals surface area contributed by atoms with Crippen LogP contribution in [0.3, 0.4) is 0 Å². The van der Waals surface area contributed by atoms with Gasteiger partial charge in [-0.25, -0.2) is 0 Å². The Morgan fingerprint density at radius 1 is 1.43 bits per heavy atom. The Morgan fingerprint density at radius 3 is 3.00 bits per heavy atom. The van der Waals surface area contributed by atoms with Crippen LogP contribution in [0.25, 0.3) is 0 Å². The summed E-state index contributed by atoms with van der Waals surface area (Å²) in [4.78, 5) is 20.0. The molecular formula is C15H16ClN3O2. The Morgan fingerprint density at radius 2 is 2.29 bits per heavy atom. The van der Waals surface area contributed by atoms with Crippen LogP contribution in [0.2, 0.25) is 5.02 Å². The van der Waals surface area contributed by atoms with Gasteiger partial charge in [0.25, 0.3) is 5.91 Å². The lowest BCUT2D eigenvalue weighted by Crippen LogP contribution is -2.37. The molecule has 0 bridgehead atoms. The summed E-state index contributed by atoms with van der Waals surface area (Å²) in [5.41, 5.74) is 0.834. The molecule has 1 aromatic carbocycles. The molecule has 5 nitrogen and oxygen atoms in total. The van der Waals surface area contributed by atoms with Gasteiger partial charge in [0.15, 0.2) is 6.61 Å². The van der Waals surface area contributed by atoms with Crippen LogP contribution in [0, 0.1) is 0 Å². The first kappa shape index (κ1) is 15.3. The molecular weight excluding hydrogens is 290 g/mol. The second-order valence-corrected chi connectivity index (χ2v) is 5.05. The van der Waals surface area contributed by atoms with Gasteiger partial charge in [-0.2, -0.15) is 0 Å². The van der Waals surface area contributed by atoms with Gasteiger partial charge in [0.05, 0.1) is 5.69 Å². The van der Waals surface area contributed by atoms with E-state index in [4.69, 9.17) is 16.3 Å². The van der Waals surface area contributed by atoms with E-state index in [2.05, 4.69) is 15.3 Å². The zero-order chi connectivity index (χ0) is 15.1.